The average Bonchev–Trinajstić information content (AvgIpc) is 2.38. The number of aryl methyl sites for hydroxylation is 1. The van der Waals surface area contributed by atoms with Crippen LogP contribution < -0.4 is 0 Å². The predicted molar refractivity (Wildman–Crippen MR) is 65.9 cm³/mol. The zero-order valence-corrected chi connectivity index (χ0v) is 10.2. The van der Waals surface area contributed by atoms with Crippen LogP contribution in [0.15, 0.2) is 30.3 Å². The number of aromatic carboxylic acids is 1. The number of halogens is 2. The highest BCUT2D eigenvalue weighted by molar-refractivity contribution is 5.89. The number of pyridine rings is 1. The molecule has 0 saturated carbocycles. The maximum absolute atomic E-state index is 13.6. The minimum atomic E-state index is -1.11. The van der Waals surface area contributed by atoms with Crippen molar-refractivity contribution in [1.29, 1.82) is 0 Å². The fraction of sp³-hybridized carbons (Fsp3) is 0.143. The molecule has 1 aromatic carbocycles. The van der Waals surface area contributed by atoms with Crippen molar-refractivity contribution in [3.8, 4) is 11.3 Å². The van der Waals surface area contributed by atoms with Crippen LogP contribution in [0.1, 0.15) is 23.0 Å². The molecule has 19 heavy (non-hydrogen) atoms. The molecule has 0 atom stereocenters. The molecule has 5 heteroatoms. The van der Waals surface area contributed by atoms with Gasteiger partial charge in [0.25, 0.3) is 0 Å². The van der Waals surface area contributed by atoms with Gasteiger partial charge in [0.05, 0.1) is 22.5 Å². The molecule has 1 heterocycles. The van der Waals surface area contributed by atoms with Crippen LogP contribution in [-0.4, -0.2) is 16.1 Å². The van der Waals surface area contributed by atoms with Crippen LogP contribution in [0.2, 0.25) is 0 Å². The Labute approximate surface area is 108 Å². The summed E-state index contributed by atoms with van der Waals surface area (Å²) in [4.78, 5) is 15.0. The zero-order chi connectivity index (χ0) is 14.0. The van der Waals surface area contributed by atoms with Crippen molar-refractivity contribution < 1.29 is 18.7 Å². The smallest absolute Gasteiger partial charge is 0.337 e. The van der Waals surface area contributed by atoms with Crippen LogP contribution in [0.4, 0.5) is 8.78 Å². The Kier molecular flexibility index (Phi) is 3.55. The lowest BCUT2D eigenvalue weighted by atomic mass is 10.1. The summed E-state index contributed by atoms with van der Waals surface area (Å²) in [5.41, 5.74) is 0.197. The quantitative estimate of drug-likeness (QED) is 0.924. The molecule has 0 amide bonds. The fourth-order valence-corrected chi connectivity index (χ4v) is 1.85. The van der Waals surface area contributed by atoms with Crippen LogP contribution in [0.3, 0.4) is 0 Å². The molecule has 2 aromatic rings. The molecule has 0 saturated heterocycles. The number of rotatable bonds is 3. The summed E-state index contributed by atoms with van der Waals surface area (Å²) >= 11 is 0. The molecule has 0 fully saturated rings. The van der Waals surface area contributed by atoms with Crippen molar-refractivity contribution in [2.75, 3.05) is 0 Å². The Morgan fingerprint density at radius 2 is 1.84 bits per heavy atom. The van der Waals surface area contributed by atoms with Crippen molar-refractivity contribution in [1.82, 2.24) is 4.98 Å². The van der Waals surface area contributed by atoms with E-state index in [1.807, 2.05) is 0 Å². The number of aromatic nitrogens is 1. The lowest BCUT2D eigenvalue weighted by Crippen LogP contribution is -2.05. The third kappa shape index (κ3) is 2.45. The van der Waals surface area contributed by atoms with Gasteiger partial charge in [-0.3, -0.25) is 4.98 Å². The Morgan fingerprint density at radius 1 is 1.21 bits per heavy atom. The van der Waals surface area contributed by atoms with Gasteiger partial charge in [-0.05, 0) is 30.7 Å². The normalized spacial score (nSPS) is 10.5. The molecule has 0 aliphatic heterocycles. The van der Waals surface area contributed by atoms with Gasteiger partial charge in [0.2, 0.25) is 0 Å². The Hall–Kier alpha value is -2.30. The van der Waals surface area contributed by atoms with E-state index in [1.54, 1.807) is 6.92 Å². The van der Waals surface area contributed by atoms with Crippen LogP contribution in [0.25, 0.3) is 11.3 Å². The van der Waals surface area contributed by atoms with E-state index in [0.717, 1.165) is 12.1 Å². The van der Waals surface area contributed by atoms with Gasteiger partial charge in [-0.2, -0.15) is 0 Å². The summed E-state index contributed by atoms with van der Waals surface area (Å²) in [6.07, 6.45) is 0.367. The second kappa shape index (κ2) is 5.14. The van der Waals surface area contributed by atoms with Gasteiger partial charge in [0, 0.05) is 0 Å². The summed E-state index contributed by atoms with van der Waals surface area (Å²) in [5.74, 6) is -2.56. The Bertz CT molecular complexity index is 621. The van der Waals surface area contributed by atoms with Gasteiger partial charge >= 0.3 is 5.97 Å². The predicted octanol–water partition coefficient (Wildman–Crippen LogP) is 3.29. The molecule has 0 aliphatic rings. The van der Waals surface area contributed by atoms with E-state index in [4.69, 9.17) is 5.11 Å². The van der Waals surface area contributed by atoms with E-state index in [1.165, 1.54) is 18.2 Å². The first kappa shape index (κ1) is 13.1. The molecule has 0 spiro atoms. The van der Waals surface area contributed by atoms with Crippen molar-refractivity contribution in [3.63, 3.8) is 0 Å². The van der Waals surface area contributed by atoms with E-state index in [2.05, 4.69) is 4.98 Å². The van der Waals surface area contributed by atoms with Crippen LogP contribution in [0.5, 0.6) is 0 Å². The van der Waals surface area contributed by atoms with Crippen LogP contribution in [0, 0.1) is 11.6 Å². The lowest BCUT2D eigenvalue weighted by Gasteiger charge is -2.08. The van der Waals surface area contributed by atoms with Gasteiger partial charge in [0.15, 0.2) is 0 Å². The lowest BCUT2D eigenvalue weighted by molar-refractivity contribution is 0.0695. The Balaban J connectivity index is 2.61. The molecule has 2 rings (SSSR count). The van der Waals surface area contributed by atoms with Crippen LogP contribution in [-0.2, 0) is 6.42 Å². The highest BCUT2D eigenvalue weighted by Crippen LogP contribution is 2.25. The maximum Gasteiger partial charge on any atom is 0.337 e. The number of hydrogen-bond donors (Lipinski definition) is 1. The number of benzene rings is 1. The van der Waals surface area contributed by atoms with Crippen molar-refractivity contribution in [2.24, 2.45) is 0 Å². The second-order valence-electron chi connectivity index (χ2n) is 3.95. The third-order valence-corrected chi connectivity index (χ3v) is 2.76. The zero-order valence-electron chi connectivity index (χ0n) is 10.2. The molecule has 0 radical (unpaired) electrons. The maximum atomic E-state index is 13.6. The molecule has 0 aliphatic carbocycles. The Morgan fingerprint density at radius 3 is 2.37 bits per heavy atom. The first-order valence-electron chi connectivity index (χ1n) is 5.72. The van der Waals surface area contributed by atoms with E-state index >= 15 is 0 Å². The van der Waals surface area contributed by atoms with Crippen molar-refractivity contribution >= 4 is 5.97 Å². The molecule has 1 N–H and O–H groups in total. The SMILES string of the molecule is CCc1nc(-c2c(F)cccc2F)ccc1C(=O)O. The third-order valence-electron chi connectivity index (χ3n) is 2.76. The standard InChI is InChI=1S/C14H11F2NO2/c1-2-11-8(14(18)19)6-7-12(17-11)13-9(15)4-3-5-10(13)16/h3-7H,2H2,1H3,(H,18,19). The highest BCUT2D eigenvalue weighted by Gasteiger charge is 2.16. The molecule has 98 valence electrons. The van der Waals surface area contributed by atoms with E-state index < -0.39 is 17.6 Å². The van der Waals surface area contributed by atoms with Crippen molar-refractivity contribution in [3.05, 3.63) is 53.2 Å². The summed E-state index contributed by atoms with van der Waals surface area (Å²) in [6, 6.07) is 6.16. The van der Waals surface area contributed by atoms with Gasteiger partial charge in [-0.25, -0.2) is 13.6 Å². The van der Waals surface area contributed by atoms with Crippen LogP contribution >= 0.6 is 0 Å². The van der Waals surface area contributed by atoms with Gasteiger partial charge in [0.1, 0.15) is 11.6 Å². The van der Waals surface area contributed by atoms with Crippen molar-refractivity contribution in [2.45, 2.75) is 13.3 Å². The summed E-state index contributed by atoms with van der Waals surface area (Å²) in [6.45, 7) is 1.73. The number of carboxylic acid groups (broad SMARTS) is 1. The largest absolute Gasteiger partial charge is 0.478 e. The number of hydrogen-bond acceptors (Lipinski definition) is 2. The number of carboxylic acids is 1. The summed E-state index contributed by atoms with van der Waals surface area (Å²) in [5, 5.41) is 8.98. The topological polar surface area (TPSA) is 50.2 Å². The minimum Gasteiger partial charge on any atom is -0.478 e. The summed E-state index contributed by atoms with van der Waals surface area (Å²) in [7, 11) is 0. The van der Waals surface area contributed by atoms with E-state index in [-0.39, 0.29) is 16.8 Å². The number of nitrogens with zero attached hydrogens (tertiary/aromatic N) is 1. The van der Waals surface area contributed by atoms with Gasteiger partial charge in [-0.15, -0.1) is 0 Å². The first-order chi connectivity index (χ1) is 9.04. The number of carbonyl (C=O) groups is 1. The average molecular weight is 263 g/mol. The second-order valence-corrected chi connectivity index (χ2v) is 3.95. The monoisotopic (exact) mass is 263 g/mol. The van der Waals surface area contributed by atoms with Gasteiger partial charge < -0.3 is 5.11 Å². The van der Waals surface area contributed by atoms with Gasteiger partial charge in [-0.1, -0.05) is 13.0 Å². The van der Waals surface area contributed by atoms with E-state index in [0.29, 0.717) is 12.1 Å². The molecule has 0 unspecified atom stereocenters. The highest BCUT2D eigenvalue weighted by atomic mass is 19.1. The first-order valence-corrected chi connectivity index (χ1v) is 5.72. The fourth-order valence-electron chi connectivity index (χ4n) is 1.85. The molecule has 1 aromatic heterocycles. The summed E-state index contributed by atoms with van der Waals surface area (Å²) < 4.78 is 27.3. The molecule has 0 bridgehead atoms. The molecular weight excluding hydrogens is 252 g/mol. The minimum absolute atomic E-state index is 0.0444. The molecule has 3 nitrogen and oxygen atoms in total. The molecular formula is C14H11F2NO2. The van der Waals surface area contributed by atoms with E-state index in [9.17, 15) is 13.6 Å².